The quantitative estimate of drug-likeness (QED) is 0.749. The van der Waals surface area contributed by atoms with Crippen molar-refractivity contribution >= 4 is 33.3 Å². The third-order valence-corrected chi connectivity index (χ3v) is 6.06. The Bertz CT molecular complexity index is 1020. The van der Waals surface area contributed by atoms with Gasteiger partial charge in [-0.25, -0.2) is 13.2 Å². The summed E-state index contributed by atoms with van der Waals surface area (Å²) in [6.45, 7) is -0.475. The number of fused-ring (bicyclic) bond motifs is 1. The van der Waals surface area contributed by atoms with Crippen molar-refractivity contribution in [3.8, 4) is 0 Å². The third kappa shape index (κ3) is 4.72. The SMILES string of the molecule is CS(=O)(=O)c1ccc(Cl)c(C(=O)OCC(=O)N[C@@H]2CCCc3ccccc32)c1. The lowest BCUT2D eigenvalue weighted by molar-refractivity contribution is -0.125. The molecule has 2 aromatic carbocycles. The highest BCUT2D eigenvalue weighted by Gasteiger charge is 2.22. The largest absolute Gasteiger partial charge is 0.452 e. The van der Waals surface area contributed by atoms with E-state index in [1.807, 2.05) is 24.3 Å². The topological polar surface area (TPSA) is 89.5 Å². The van der Waals surface area contributed by atoms with Gasteiger partial charge in [0.15, 0.2) is 16.4 Å². The molecule has 1 amide bonds. The van der Waals surface area contributed by atoms with Gasteiger partial charge in [0.25, 0.3) is 5.91 Å². The Morgan fingerprint density at radius 1 is 1.21 bits per heavy atom. The summed E-state index contributed by atoms with van der Waals surface area (Å²) in [5.74, 6) is -1.28. The van der Waals surface area contributed by atoms with Crippen LogP contribution < -0.4 is 5.32 Å². The molecule has 1 aliphatic carbocycles. The van der Waals surface area contributed by atoms with Gasteiger partial charge >= 0.3 is 5.97 Å². The van der Waals surface area contributed by atoms with Gasteiger partial charge in [-0.1, -0.05) is 35.9 Å². The lowest BCUT2D eigenvalue weighted by Gasteiger charge is -2.26. The predicted molar refractivity (Wildman–Crippen MR) is 105 cm³/mol. The number of nitrogens with one attached hydrogen (secondary N) is 1. The molecular weight excluding hydrogens is 402 g/mol. The summed E-state index contributed by atoms with van der Waals surface area (Å²) in [6.07, 6.45) is 3.79. The predicted octanol–water partition coefficient (Wildman–Crippen LogP) is 3.09. The van der Waals surface area contributed by atoms with Crippen molar-refractivity contribution < 1.29 is 22.7 Å². The van der Waals surface area contributed by atoms with Crippen LogP contribution in [0.2, 0.25) is 5.02 Å². The Morgan fingerprint density at radius 2 is 1.96 bits per heavy atom. The van der Waals surface area contributed by atoms with Gasteiger partial charge < -0.3 is 10.1 Å². The molecule has 0 aromatic heterocycles. The number of halogens is 1. The number of aryl methyl sites for hydroxylation is 1. The Hall–Kier alpha value is -2.38. The molecule has 1 aliphatic rings. The van der Waals surface area contributed by atoms with E-state index in [4.69, 9.17) is 16.3 Å². The van der Waals surface area contributed by atoms with Gasteiger partial charge in [0.05, 0.1) is 21.5 Å². The molecule has 2 aromatic rings. The van der Waals surface area contributed by atoms with Crippen LogP contribution in [0.1, 0.15) is 40.4 Å². The van der Waals surface area contributed by atoms with Crippen molar-refractivity contribution in [2.45, 2.75) is 30.2 Å². The average Bonchev–Trinajstić information content (AvgIpc) is 2.66. The van der Waals surface area contributed by atoms with Crippen molar-refractivity contribution in [2.24, 2.45) is 0 Å². The Kier molecular flexibility index (Phi) is 6.05. The summed E-state index contributed by atoms with van der Waals surface area (Å²) in [5, 5.41) is 2.94. The lowest BCUT2D eigenvalue weighted by Crippen LogP contribution is -2.34. The molecule has 1 atom stereocenters. The summed E-state index contributed by atoms with van der Waals surface area (Å²) >= 11 is 5.97. The van der Waals surface area contributed by atoms with E-state index < -0.39 is 28.3 Å². The summed E-state index contributed by atoms with van der Waals surface area (Å²) in [5.41, 5.74) is 2.19. The summed E-state index contributed by atoms with van der Waals surface area (Å²) in [4.78, 5) is 24.5. The maximum atomic E-state index is 12.3. The minimum atomic E-state index is -3.50. The first-order valence-corrected chi connectivity index (χ1v) is 11.1. The standard InChI is InChI=1S/C20H20ClNO5S/c1-28(25,26)14-9-10-17(21)16(11-14)20(24)27-12-19(23)22-18-8-4-6-13-5-2-3-7-15(13)18/h2-3,5,7,9-11,18H,4,6,8,12H2,1H3,(H,22,23)/t18-/m1/s1. The second-order valence-corrected chi connectivity index (χ2v) is 9.12. The molecule has 148 valence electrons. The molecule has 0 unspecified atom stereocenters. The molecule has 28 heavy (non-hydrogen) atoms. The minimum Gasteiger partial charge on any atom is -0.452 e. The maximum Gasteiger partial charge on any atom is 0.340 e. The number of esters is 1. The van der Waals surface area contributed by atoms with Crippen LogP contribution in [0.5, 0.6) is 0 Å². The highest BCUT2D eigenvalue weighted by Crippen LogP contribution is 2.29. The number of carbonyl (C=O) groups is 2. The van der Waals surface area contributed by atoms with Gasteiger partial charge in [0, 0.05) is 6.26 Å². The van der Waals surface area contributed by atoms with Crippen LogP contribution >= 0.6 is 11.6 Å². The number of ether oxygens (including phenoxy) is 1. The second-order valence-electron chi connectivity index (χ2n) is 6.70. The zero-order chi connectivity index (χ0) is 20.3. The van der Waals surface area contributed by atoms with Crippen LogP contribution in [-0.2, 0) is 25.8 Å². The molecule has 0 saturated heterocycles. The number of hydrogen-bond donors (Lipinski definition) is 1. The molecule has 1 N–H and O–H groups in total. The van der Waals surface area contributed by atoms with Crippen LogP contribution in [0.25, 0.3) is 0 Å². The average molecular weight is 422 g/mol. The summed E-state index contributed by atoms with van der Waals surface area (Å²) in [6, 6.07) is 11.6. The van der Waals surface area contributed by atoms with Gasteiger partial charge in [-0.2, -0.15) is 0 Å². The van der Waals surface area contributed by atoms with E-state index in [0.717, 1.165) is 37.1 Å². The molecule has 0 bridgehead atoms. The minimum absolute atomic E-state index is 0.0490. The van der Waals surface area contributed by atoms with E-state index in [1.165, 1.54) is 17.7 Å². The number of amides is 1. The second kappa shape index (κ2) is 8.32. The molecule has 8 heteroatoms. The monoisotopic (exact) mass is 421 g/mol. The molecule has 0 spiro atoms. The van der Waals surface area contributed by atoms with E-state index in [2.05, 4.69) is 5.32 Å². The number of carbonyl (C=O) groups excluding carboxylic acids is 2. The summed E-state index contributed by atoms with van der Waals surface area (Å²) in [7, 11) is -3.50. The third-order valence-electron chi connectivity index (χ3n) is 4.62. The highest BCUT2D eigenvalue weighted by molar-refractivity contribution is 7.90. The fraction of sp³-hybridized carbons (Fsp3) is 0.300. The van der Waals surface area contributed by atoms with E-state index in [9.17, 15) is 18.0 Å². The fourth-order valence-electron chi connectivity index (χ4n) is 3.24. The van der Waals surface area contributed by atoms with Gasteiger partial charge in [0.2, 0.25) is 0 Å². The normalized spacial score (nSPS) is 16.1. The zero-order valence-corrected chi connectivity index (χ0v) is 16.8. The highest BCUT2D eigenvalue weighted by atomic mass is 35.5. The van der Waals surface area contributed by atoms with Crippen LogP contribution in [0, 0.1) is 0 Å². The Balaban J connectivity index is 1.64. The molecule has 6 nitrogen and oxygen atoms in total. The molecule has 0 fully saturated rings. The van der Waals surface area contributed by atoms with E-state index in [-0.39, 0.29) is 21.5 Å². The molecule has 0 heterocycles. The summed E-state index contributed by atoms with van der Waals surface area (Å²) < 4.78 is 28.3. The molecular formula is C20H20ClNO5S. The van der Waals surface area contributed by atoms with Crippen molar-refractivity contribution in [1.29, 1.82) is 0 Å². The first-order valence-electron chi connectivity index (χ1n) is 8.79. The zero-order valence-electron chi connectivity index (χ0n) is 15.3. The molecule has 0 saturated carbocycles. The van der Waals surface area contributed by atoms with Gasteiger partial charge in [-0.3, -0.25) is 4.79 Å². The lowest BCUT2D eigenvalue weighted by atomic mass is 9.88. The number of sulfone groups is 1. The fourth-order valence-corrected chi connectivity index (χ4v) is 4.08. The van der Waals surface area contributed by atoms with Crippen molar-refractivity contribution in [3.63, 3.8) is 0 Å². The van der Waals surface area contributed by atoms with Crippen LogP contribution in [-0.4, -0.2) is 33.2 Å². The van der Waals surface area contributed by atoms with Crippen LogP contribution in [0.4, 0.5) is 0 Å². The van der Waals surface area contributed by atoms with E-state index >= 15 is 0 Å². The Labute approximate surface area is 168 Å². The van der Waals surface area contributed by atoms with Crippen LogP contribution in [0.3, 0.4) is 0 Å². The van der Waals surface area contributed by atoms with E-state index in [1.54, 1.807) is 0 Å². The number of rotatable bonds is 5. The Morgan fingerprint density at radius 3 is 2.71 bits per heavy atom. The van der Waals surface area contributed by atoms with Crippen LogP contribution in [0.15, 0.2) is 47.4 Å². The first-order chi connectivity index (χ1) is 13.3. The van der Waals surface area contributed by atoms with Gasteiger partial charge in [-0.05, 0) is 48.6 Å². The maximum absolute atomic E-state index is 12.3. The molecule has 3 rings (SSSR count). The van der Waals surface area contributed by atoms with E-state index in [0.29, 0.717) is 0 Å². The molecule has 0 radical (unpaired) electrons. The first kappa shape index (κ1) is 20.4. The smallest absolute Gasteiger partial charge is 0.340 e. The van der Waals surface area contributed by atoms with Crippen molar-refractivity contribution in [2.75, 3.05) is 12.9 Å². The van der Waals surface area contributed by atoms with Crippen molar-refractivity contribution in [3.05, 3.63) is 64.2 Å². The van der Waals surface area contributed by atoms with Gasteiger partial charge in [-0.15, -0.1) is 0 Å². The number of hydrogen-bond acceptors (Lipinski definition) is 5. The van der Waals surface area contributed by atoms with Crippen molar-refractivity contribution in [1.82, 2.24) is 5.32 Å². The number of benzene rings is 2. The van der Waals surface area contributed by atoms with Gasteiger partial charge in [0.1, 0.15) is 0 Å². The molecule has 0 aliphatic heterocycles.